The first-order chi connectivity index (χ1) is 9.10. The van der Waals surface area contributed by atoms with Crippen molar-refractivity contribution in [1.29, 1.82) is 0 Å². The molecule has 2 aromatic rings. The number of aromatic carboxylic acids is 1. The van der Waals surface area contributed by atoms with Gasteiger partial charge in [0.2, 0.25) is 0 Å². The van der Waals surface area contributed by atoms with Gasteiger partial charge in [-0.05, 0) is 29.8 Å². The molecule has 0 saturated carbocycles. The standard InChI is InChI=1S/C14H13NO4/c1-19-11-5-2-9(3-6-11)8-10-4-7-12(14(17)18)13(16)15-10/h2-7H,8H2,1H3,(H,15,16)(H,17,18). The number of aromatic amines is 1. The van der Waals surface area contributed by atoms with Crippen molar-refractivity contribution in [3.63, 3.8) is 0 Å². The molecule has 0 spiro atoms. The van der Waals surface area contributed by atoms with Crippen molar-refractivity contribution >= 4 is 5.97 Å². The molecule has 0 fully saturated rings. The fourth-order valence-electron chi connectivity index (χ4n) is 1.75. The number of carboxylic acid groups (broad SMARTS) is 1. The Hall–Kier alpha value is -2.56. The second-order valence-electron chi connectivity index (χ2n) is 4.06. The zero-order chi connectivity index (χ0) is 13.8. The molecular formula is C14H13NO4. The summed E-state index contributed by atoms with van der Waals surface area (Å²) in [5, 5.41) is 8.77. The Labute approximate surface area is 109 Å². The lowest BCUT2D eigenvalue weighted by atomic mass is 10.1. The lowest BCUT2D eigenvalue weighted by molar-refractivity contribution is 0.0695. The van der Waals surface area contributed by atoms with Crippen molar-refractivity contribution < 1.29 is 14.6 Å². The van der Waals surface area contributed by atoms with Crippen molar-refractivity contribution in [2.24, 2.45) is 0 Å². The third kappa shape index (κ3) is 3.01. The zero-order valence-electron chi connectivity index (χ0n) is 10.3. The number of carboxylic acids is 1. The third-order valence-electron chi connectivity index (χ3n) is 2.75. The maximum Gasteiger partial charge on any atom is 0.341 e. The third-order valence-corrected chi connectivity index (χ3v) is 2.75. The van der Waals surface area contributed by atoms with Crippen molar-refractivity contribution in [1.82, 2.24) is 4.98 Å². The van der Waals surface area contributed by atoms with Crippen molar-refractivity contribution in [3.05, 3.63) is 63.6 Å². The van der Waals surface area contributed by atoms with E-state index in [0.717, 1.165) is 11.3 Å². The highest BCUT2D eigenvalue weighted by molar-refractivity contribution is 5.86. The molecule has 1 heterocycles. The molecule has 2 N–H and O–H groups in total. The highest BCUT2D eigenvalue weighted by Crippen LogP contribution is 2.13. The van der Waals surface area contributed by atoms with Crippen LogP contribution in [0.4, 0.5) is 0 Å². The maximum atomic E-state index is 11.5. The predicted octanol–water partition coefficient (Wildman–Crippen LogP) is 1.67. The van der Waals surface area contributed by atoms with E-state index in [1.54, 1.807) is 13.2 Å². The minimum Gasteiger partial charge on any atom is -0.497 e. The van der Waals surface area contributed by atoms with Crippen LogP contribution in [0.5, 0.6) is 5.75 Å². The molecule has 0 unspecified atom stereocenters. The highest BCUT2D eigenvalue weighted by atomic mass is 16.5. The second-order valence-corrected chi connectivity index (χ2v) is 4.06. The number of hydrogen-bond acceptors (Lipinski definition) is 3. The Bertz CT molecular complexity index is 643. The Kier molecular flexibility index (Phi) is 3.66. The average molecular weight is 259 g/mol. The number of pyridine rings is 1. The fraction of sp³-hybridized carbons (Fsp3) is 0.143. The van der Waals surface area contributed by atoms with Gasteiger partial charge >= 0.3 is 5.97 Å². The van der Waals surface area contributed by atoms with Crippen LogP contribution in [0.2, 0.25) is 0 Å². The molecule has 0 aliphatic rings. The molecule has 1 aromatic heterocycles. The number of rotatable bonds is 4. The Morgan fingerprint density at radius 2 is 1.89 bits per heavy atom. The van der Waals surface area contributed by atoms with Crippen molar-refractivity contribution in [2.45, 2.75) is 6.42 Å². The second kappa shape index (κ2) is 5.39. The van der Waals surface area contributed by atoms with Gasteiger partial charge in [0.1, 0.15) is 11.3 Å². The molecule has 0 bridgehead atoms. The maximum absolute atomic E-state index is 11.5. The van der Waals surface area contributed by atoms with E-state index in [-0.39, 0.29) is 5.56 Å². The zero-order valence-corrected chi connectivity index (χ0v) is 10.3. The van der Waals surface area contributed by atoms with Crippen LogP contribution in [-0.4, -0.2) is 23.2 Å². The van der Waals surface area contributed by atoms with Crippen LogP contribution in [0.3, 0.4) is 0 Å². The van der Waals surface area contributed by atoms with Gasteiger partial charge in [-0.3, -0.25) is 4.79 Å². The summed E-state index contributed by atoms with van der Waals surface area (Å²) in [6.45, 7) is 0. The summed E-state index contributed by atoms with van der Waals surface area (Å²) in [7, 11) is 1.59. The summed E-state index contributed by atoms with van der Waals surface area (Å²) in [5.41, 5.74) is 0.830. The summed E-state index contributed by atoms with van der Waals surface area (Å²) in [4.78, 5) is 24.8. The summed E-state index contributed by atoms with van der Waals surface area (Å²) in [6.07, 6.45) is 0.527. The minimum atomic E-state index is -1.22. The first-order valence-corrected chi connectivity index (χ1v) is 5.68. The Balaban J connectivity index is 2.21. The molecule has 0 amide bonds. The highest BCUT2D eigenvalue weighted by Gasteiger charge is 2.08. The van der Waals surface area contributed by atoms with E-state index < -0.39 is 11.5 Å². The molecule has 0 aliphatic heterocycles. The van der Waals surface area contributed by atoms with Gasteiger partial charge in [0.15, 0.2) is 0 Å². The normalized spacial score (nSPS) is 10.2. The smallest absolute Gasteiger partial charge is 0.341 e. The number of ether oxygens (including phenoxy) is 1. The largest absolute Gasteiger partial charge is 0.497 e. The van der Waals surface area contributed by atoms with Gasteiger partial charge in [0.05, 0.1) is 7.11 Å². The van der Waals surface area contributed by atoms with E-state index in [4.69, 9.17) is 9.84 Å². The number of carbonyl (C=O) groups is 1. The van der Waals surface area contributed by atoms with Gasteiger partial charge in [0.25, 0.3) is 5.56 Å². The van der Waals surface area contributed by atoms with E-state index in [1.165, 1.54) is 6.07 Å². The van der Waals surface area contributed by atoms with Gasteiger partial charge in [0, 0.05) is 12.1 Å². The summed E-state index contributed by atoms with van der Waals surface area (Å²) in [5.74, 6) is -0.462. The van der Waals surface area contributed by atoms with Crippen LogP contribution in [0.25, 0.3) is 0 Å². The van der Waals surface area contributed by atoms with Crippen molar-refractivity contribution in [2.75, 3.05) is 7.11 Å². The lowest BCUT2D eigenvalue weighted by Crippen LogP contribution is -2.18. The predicted molar refractivity (Wildman–Crippen MR) is 69.8 cm³/mol. The van der Waals surface area contributed by atoms with Gasteiger partial charge in [-0.15, -0.1) is 0 Å². The molecular weight excluding hydrogens is 246 g/mol. The first-order valence-electron chi connectivity index (χ1n) is 5.68. The van der Waals surface area contributed by atoms with Gasteiger partial charge < -0.3 is 14.8 Å². The molecule has 0 saturated heterocycles. The number of H-pyrrole nitrogens is 1. The van der Waals surface area contributed by atoms with Gasteiger partial charge in [-0.25, -0.2) is 4.79 Å². The van der Waals surface area contributed by atoms with Crippen molar-refractivity contribution in [3.8, 4) is 5.75 Å². The molecule has 5 heteroatoms. The van der Waals surface area contributed by atoms with E-state index in [0.29, 0.717) is 12.1 Å². The monoisotopic (exact) mass is 259 g/mol. The molecule has 0 radical (unpaired) electrons. The topological polar surface area (TPSA) is 79.4 Å². The van der Waals surface area contributed by atoms with Gasteiger partial charge in [-0.2, -0.15) is 0 Å². The number of benzene rings is 1. The number of nitrogens with one attached hydrogen (secondary N) is 1. The molecule has 5 nitrogen and oxygen atoms in total. The molecule has 98 valence electrons. The quantitative estimate of drug-likeness (QED) is 0.875. The lowest BCUT2D eigenvalue weighted by Gasteiger charge is -2.04. The fourth-order valence-corrected chi connectivity index (χ4v) is 1.75. The summed E-state index contributed by atoms with van der Waals surface area (Å²) in [6, 6.07) is 10.4. The number of methoxy groups -OCH3 is 1. The number of aromatic nitrogens is 1. The van der Waals surface area contributed by atoms with Crippen LogP contribution in [0, 0.1) is 0 Å². The van der Waals surface area contributed by atoms with Gasteiger partial charge in [-0.1, -0.05) is 12.1 Å². The molecule has 1 aromatic carbocycles. The molecule has 0 aliphatic carbocycles. The van der Waals surface area contributed by atoms with Crippen LogP contribution >= 0.6 is 0 Å². The molecule has 2 rings (SSSR count). The number of hydrogen-bond donors (Lipinski definition) is 2. The van der Waals surface area contributed by atoms with E-state index in [1.807, 2.05) is 24.3 Å². The average Bonchev–Trinajstić information content (AvgIpc) is 2.39. The van der Waals surface area contributed by atoms with E-state index >= 15 is 0 Å². The minimum absolute atomic E-state index is 0.251. The van der Waals surface area contributed by atoms with E-state index in [2.05, 4.69) is 4.98 Å². The first kappa shape index (κ1) is 12.9. The van der Waals surface area contributed by atoms with Crippen LogP contribution in [-0.2, 0) is 6.42 Å². The summed E-state index contributed by atoms with van der Waals surface area (Å²) < 4.78 is 5.06. The van der Waals surface area contributed by atoms with E-state index in [9.17, 15) is 9.59 Å². The van der Waals surface area contributed by atoms with Crippen LogP contribution in [0.1, 0.15) is 21.6 Å². The Morgan fingerprint density at radius 1 is 1.21 bits per heavy atom. The van der Waals surface area contributed by atoms with Crippen LogP contribution in [0.15, 0.2) is 41.2 Å². The molecule has 19 heavy (non-hydrogen) atoms. The van der Waals surface area contributed by atoms with Crippen LogP contribution < -0.4 is 10.3 Å². The Morgan fingerprint density at radius 3 is 2.42 bits per heavy atom. The summed E-state index contributed by atoms with van der Waals surface area (Å²) >= 11 is 0. The SMILES string of the molecule is COc1ccc(Cc2ccc(C(=O)O)c(=O)[nH]2)cc1. The molecule has 0 atom stereocenters.